The molecule has 0 atom stereocenters. The number of carbonyl (C=O) groups excluding carboxylic acids is 1. The van der Waals surface area contributed by atoms with Gasteiger partial charge in [-0.05, 0) is 47.9 Å². The van der Waals surface area contributed by atoms with Gasteiger partial charge in [0.2, 0.25) is 0 Å². The highest BCUT2D eigenvalue weighted by molar-refractivity contribution is 5.94. The quantitative estimate of drug-likeness (QED) is 0.500. The van der Waals surface area contributed by atoms with Crippen molar-refractivity contribution in [2.75, 3.05) is 6.54 Å². The summed E-state index contributed by atoms with van der Waals surface area (Å²) in [7, 11) is 0. The first-order chi connectivity index (χ1) is 14.3. The lowest BCUT2D eigenvalue weighted by Crippen LogP contribution is -2.25. The van der Waals surface area contributed by atoms with E-state index < -0.39 is 0 Å². The van der Waals surface area contributed by atoms with Gasteiger partial charge >= 0.3 is 0 Å². The average molecular weight is 382 g/mol. The highest BCUT2D eigenvalue weighted by Gasteiger charge is 2.07. The Labute approximate surface area is 170 Å². The van der Waals surface area contributed by atoms with Gasteiger partial charge in [-0.3, -0.25) is 9.78 Å². The normalized spacial score (nSPS) is 10.6. The van der Waals surface area contributed by atoms with Crippen molar-refractivity contribution in [3.8, 4) is 5.75 Å². The largest absolute Gasteiger partial charge is 0.489 e. The van der Waals surface area contributed by atoms with Gasteiger partial charge in [-0.1, -0.05) is 54.6 Å². The summed E-state index contributed by atoms with van der Waals surface area (Å²) in [5.41, 5.74) is 3.79. The van der Waals surface area contributed by atoms with E-state index in [4.69, 9.17) is 4.74 Å². The topological polar surface area (TPSA) is 51.2 Å². The van der Waals surface area contributed by atoms with Crippen LogP contribution in [-0.4, -0.2) is 17.4 Å². The number of hydrogen-bond donors (Lipinski definition) is 1. The third-order valence-electron chi connectivity index (χ3n) is 4.76. The number of benzene rings is 3. The van der Waals surface area contributed by atoms with Crippen LogP contribution >= 0.6 is 0 Å². The number of nitrogens with one attached hydrogen (secondary N) is 1. The minimum absolute atomic E-state index is 0.0753. The Balaban J connectivity index is 1.30. The van der Waals surface area contributed by atoms with Crippen LogP contribution in [0.2, 0.25) is 0 Å². The maximum atomic E-state index is 12.4. The third kappa shape index (κ3) is 4.79. The van der Waals surface area contributed by atoms with Crippen LogP contribution in [0, 0.1) is 0 Å². The van der Waals surface area contributed by atoms with Gasteiger partial charge in [0.15, 0.2) is 0 Å². The van der Waals surface area contributed by atoms with Gasteiger partial charge < -0.3 is 10.1 Å². The van der Waals surface area contributed by atoms with Gasteiger partial charge in [-0.2, -0.15) is 0 Å². The molecule has 0 aliphatic carbocycles. The number of fused-ring (bicyclic) bond motifs is 1. The Morgan fingerprint density at radius 3 is 2.48 bits per heavy atom. The van der Waals surface area contributed by atoms with Crippen LogP contribution in [0.15, 0.2) is 91.1 Å². The number of amides is 1. The Morgan fingerprint density at radius 1 is 0.862 bits per heavy atom. The molecule has 0 radical (unpaired) electrons. The molecule has 4 aromatic rings. The van der Waals surface area contributed by atoms with E-state index in [9.17, 15) is 4.79 Å². The SMILES string of the molecule is O=C(NCCc1cccc2cccnc12)c1ccc(COc2ccccc2)cc1. The van der Waals surface area contributed by atoms with E-state index in [1.54, 1.807) is 6.20 Å². The minimum Gasteiger partial charge on any atom is -0.489 e. The van der Waals surface area contributed by atoms with E-state index in [-0.39, 0.29) is 5.91 Å². The second-order valence-electron chi connectivity index (χ2n) is 6.80. The molecule has 3 aromatic carbocycles. The molecule has 4 heteroatoms. The molecule has 1 amide bonds. The summed E-state index contributed by atoms with van der Waals surface area (Å²) in [6.45, 7) is 1.04. The number of carbonyl (C=O) groups is 1. The Morgan fingerprint density at radius 2 is 1.66 bits per heavy atom. The summed E-state index contributed by atoms with van der Waals surface area (Å²) in [6.07, 6.45) is 2.54. The first-order valence-electron chi connectivity index (χ1n) is 9.67. The van der Waals surface area contributed by atoms with Crippen LogP contribution in [0.5, 0.6) is 5.75 Å². The molecule has 0 spiro atoms. The Kier molecular flexibility index (Phi) is 5.81. The lowest BCUT2D eigenvalue weighted by atomic mass is 10.1. The van der Waals surface area contributed by atoms with Crippen molar-refractivity contribution in [3.05, 3.63) is 108 Å². The summed E-state index contributed by atoms with van der Waals surface area (Å²) in [6, 6.07) is 27.3. The molecule has 0 bridgehead atoms. The standard InChI is InChI=1S/C25H22N2O2/c28-25(27-17-15-21-7-4-6-20-8-5-16-26-24(20)21)22-13-11-19(12-14-22)18-29-23-9-2-1-3-10-23/h1-14,16H,15,17-18H2,(H,27,28). The van der Waals surface area contributed by atoms with E-state index in [1.807, 2.05) is 78.9 Å². The lowest BCUT2D eigenvalue weighted by Gasteiger charge is -2.09. The van der Waals surface area contributed by atoms with Crippen LogP contribution in [0.3, 0.4) is 0 Å². The monoisotopic (exact) mass is 382 g/mol. The number of rotatable bonds is 7. The second-order valence-corrected chi connectivity index (χ2v) is 6.80. The van der Waals surface area contributed by atoms with Gasteiger partial charge in [0.25, 0.3) is 5.91 Å². The summed E-state index contributed by atoms with van der Waals surface area (Å²) in [5.74, 6) is 0.756. The molecule has 29 heavy (non-hydrogen) atoms. The zero-order chi connectivity index (χ0) is 19.9. The maximum absolute atomic E-state index is 12.4. The molecular weight excluding hydrogens is 360 g/mol. The summed E-state index contributed by atoms with van der Waals surface area (Å²) < 4.78 is 5.73. The molecule has 0 saturated heterocycles. The van der Waals surface area contributed by atoms with Crippen molar-refractivity contribution in [3.63, 3.8) is 0 Å². The predicted molar refractivity (Wildman–Crippen MR) is 115 cm³/mol. The van der Waals surface area contributed by atoms with Gasteiger partial charge in [-0.15, -0.1) is 0 Å². The summed E-state index contributed by atoms with van der Waals surface area (Å²) in [5, 5.41) is 4.11. The Hall–Kier alpha value is -3.66. The Bertz CT molecular complexity index is 1090. The number of para-hydroxylation sites is 2. The zero-order valence-corrected chi connectivity index (χ0v) is 16.0. The highest BCUT2D eigenvalue weighted by Crippen LogP contribution is 2.16. The van der Waals surface area contributed by atoms with Crippen molar-refractivity contribution < 1.29 is 9.53 Å². The van der Waals surface area contributed by atoms with E-state index >= 15 is 0 Å². The zero-order valence-electron chi connectivity index (χ0n) is 16.0. The van der Waals surface area contributed by atoms with Gasteiger partial charge in [0.05, 0.1) is 5.52 Å². The molecule has 4 nitrogen and oxygen atoms in total. The van der Waals surface area contributed by atoms with Crippen LogP contribution in [-0.2, 0) is 13.0 Å². The van der Waals surface area contributed by atoms with E-state index in [0.717, 1.165) is 34.2 Å². The number of hydrogen-bond acceptors (Lipinski definition) is 3. The highest BCUT2D eigenvalue weighted by atomic mass is 16.5. The van der Waals surface area contributed by atoms with Gasteiger partial charge in [0, 0.05) is 23.7 Å². The number of nitrogens with zero attached hydrogens (tertiary/aromatic N) is 1. The molecule has 0 aliphatic heterocycles. The molecule has 1 heterocycles. The minimum atomic E-state index is -0.0753. The van der Waals surface area contributed by atoms with Crippen molar-refractivity contribution in [1.82, 2.24) is 10.3 Å². The predicted octanol–water partition coefficient (Wildman–Crippen LogP) is 4.79. The third-order valence-corrected chi connectivity index (χ3v) is 4.76. The maximum Gasteiger partial charge on any atom is 0.251 e. The molecule has 4 rings (SSSR count). The van der Waals surface area contributed by atoms with Crippen LogP contribution in [0.4, 0.5) is 0 Å². The fourth-order valence-corrected chi connectivity index (χ4v) is 3.22. The van der Waals surface area contributed by atoms with Crippen LogP contribution < -0.4 is 10.1 Å². The van der Waals surface area contributed by atoms with E-state index in [0.29, 0.717) is 18.7 Å². The molecule has 0 unspecified atom stereocenters. The number of aromatic nitrogens is 1. The van der Waals surface area contributed by atoms with Crippen molar-refractivity contribution in [2.45, 2.75) is 13.0 Å². The molecule has 144 valence electrons. The number of pyridine rings is 1. The first kappa shape index (κ1) is 18.7. The van der Waals surface area contributed by atoms with Gasteiger partial charge in [-0.25, -0.2) is 0 Å². The first-order valence-corrected chi connectivity index (χ1v) is 9.67. The van der Waals surface area contributed by atoms with Crippen molar-refractivity contribution in [2.24, 2.45) is 0 Å². The van der Waals surface area contributed by atoms with Crippen molar-refractivity contribution in [1.29, 1.82) is 0 Å². The molecular formula is C25H22N2O2. The molecule has 0 aliphatic rings. The van der Waals surface area contributed by atoms with Gasteiger partial charge in [0.1, 0.15) is 12.4 Å². The fraction of sp³-hybridized carbons (Fsp3) is 0.120. The fourth-order valence-electron chi connectivity index (χ4n) is 3.22. The molecule has 0 saturated carbocycles. The summed E-state index contributed by atoms with van der Waals surface area (Å²) in [4.78, 5) is 16.9. The molecule has 1 aromatic heterocycles. The second kappa shape index (κ2) is 9.02. The molecule has 0 fully saturated rings. The van der Waals surface area contributed by atoms with Crippen LogP contribution in [0.25, 0.3) is 10.9 Å². The molecule has 1 N–H and O–H groups in total. The van der Waals surface area contributed by atoms with E-state index in [2.05, 4.69) is 16.4 Å². The number of ether oxygens (including phenoxy) is 1. The van der Waals surface area contributed by atoms with E-state index in [1.165, 1.54) is 0 Å². The van der Waals surface area contributed by atoms with Crippen LogP contribution in [0.1, 0.15) is 21.5 Å². The van der Waals surface area contributed by atoms with Crippen molar-refractivity contribution >= 4 is 16.8 Å². The smallest absolute Gasteiger partial charge is 0.251 e. The lowest BCUT2D eigenvalue weighted by molar-refractivity contribution is 0.0954. The average Bonchev–Trinajstić information content (AvgIpc) is 2.79. The summed E-state index contributed by atoms with van der Waals surface area (Å²) >= 11 is 0.